The molecule has 0 radical (unpaired) electrons. The van der Waals surface area contributed by atoms with Gasteiger partial charge in [-0.3, -0.25) is 0 Å². The zero-order chi connectivity index (χ0) is 13.5. The molecule has 0 spiro atoms. The van der Waals surface area contributed by atoms with E-state index in [1.165, 1.54) is 0 Å². The van der Waals surface area contributed by atoms with Gasteiger partial charge in [-0.2, -0.15) is 0 Å². The fourth-order valence-electron chi connectivity index (χ4n) is 2.03. The first-order valence-electron chi connectivity index (χ1n) is 6.24. The molecule has 4 heteroatoms. The maximum atomic E-state index is 11.8. The molecule has 4 nitrogen and oxygen atoms in total. The fourth-order valence-corrected chi connectivity index (χ4v) is 2.03. The van der Waals surface area contributed by atoms with Crippen molar-refractivity contribution in [2.45, 2.75) is 40.2 Å². The van der Waals surface area contributed by atoms with E-state index < -0.39 is 0 Å². The highest BCUT2D eigenvalue weighted by molar-refractivity contribution is 5.91. The number of anilines is 2. The van der Waals surface area contributed by atoms with Crippen LogP contribution in [0, 0.1) is 19.3 Å². The SMILES string of the molecule is Cc1cc(C)c(NC(=O)NC2CC2(C)C)cc1N. The standard InChI is InChI=1S/C14H21N3O/c1-8-5-9(2)11(6-10(8)15)16-13(18)17-12-7-14(12,3)4/h5-6,12H,7,15H2,1-4H3,(H2,16,17,18). The number of hydrogen-bond donors (Lipinski definition) is 3. The first-order chi connectivity index (χ1) is 8.29. The molecule has 1 aliphatic carbocycles. The number of nitrogens with two attached hydrogens (primary N) is 1. The van der Waals surface area contributed by atoms with Crippen molar-refractivity contribution >= 4 is 17.4 Å². The van der Waals surface area contributed by atoms with Gasteiger partial charge in [0, 0.05) is 17.4 Å². The minimum atomic E-state index is -0.156. The molecule has 1 unspecified atom stereocenters. The van der Waals surface area contributed by atoms with Crippen molar-refractivity contribution in [1.29, 1.82) is 0 Å². The van der Waals surface area contributed by atoms with Crippen LogP contribution in [0.25, 0.3) is 0 Å². The summed E-state index contributed by atoms with van der Waals surface area (Å²) in [6, 6.07) is 3.91. The molecule has 2 amide bonds. The van der Waals surface area contributed by atoms with E-state index in [0.717, 1.165) is 23.2 Å². The molecule has 0 aromatic heterocycles. The molecule has 1 fully saturated rings. The van der Waals surface area contributed by atoms with E-state index in [1.54, 1.807) is 0 Å². The Morgan fingerprint density at radius 2 is 1.94 bits per heavy atom. The third-order valence-electron chi connectivity index (χ3n) is 3.68. The van der Waals surface area contributed by atoms with E-state index in [-0.39, 0.29) is 17.5 Å². The van der Waals surface area contributed by atoms with Crippen LogP contribution in [0.4, 0.5) is 16.2 Å². The number of benzene rings is 1. The van der Waals surface area contributed by atoms with Crippen molar-refractivity contribution in [1.82, 2.24) is 5.32 Å². The molecule has 1 aromatic rings. The quantitative estimate of drug-likeness (QED) is 0.703. The number of urea groups is 1. The van der Waals surface area contributed by atoms with Crippen LogP contribution in [-0.4, -0.2) is 12.1 Å². The maximum absolute atomic E-state index is 11.8. The number of nitrogens with one attached hydrogen (secondary N) is 2. The maximum Gasteiger partial charge on any atom is 0.319 e. The van der Waals surface area contributed by atoms with Crippen LogP contribution in [0.3, 0.4) is 0 Å². The van der Waals surface area contributed by atoms with Crippen molar-refractivity contribution in [2.75, 3.05) is 11.1 Å². The second kappa shape index (κ2) is 4.19. The lowest BCUT2D eigenvalue weighted by molar-refractivity contribution is 0.250. The van der Waals surface area contributed by atoms with Crippen molar-refractivity contribution < 1.29 is 4.79 Å². The first-order valence-corrected chi connectivity index (χ1v) is 6.24. The van der Waals surface area contributed by atoms with Gasteiger partial charge in [0.05, 0.1) is 0 Å². The van der Waals surface area contributed by atoms with Gasteiger partial charge >= 0.3 is 6.03 Å². The number of amides is 2. The topological polar surface area (TPSA) is 67.2 Å². The molecular weight excluding hydrogens is 226 g/mol. The molecule has 1 saturated carbocycles. The second-order valence-electron chi connectivity index (χ2n) is 5.87. The molecule has 0 aliphatic heterocycles. The van der Waals surface area contributed by atoms with Crippen LogP contribution in [0.1, 0.15) is 31.4 Å². The van der Waals surface area contributed by atoms with Gasteiger partial charge in [-0.05, 0) is 42.9 Å². The summed E-state index contributed by atoms with van der Waals surface area (Å²) in [7, 11) is 0. The molecule has 0 bridgehead atoms. The molecule has 0 heterocycles. The lowest BCUT2D eigenvalue weighted by Crippen LogP contribution is -2.32. The van der Waals surface area contributed by atoms with Gasteiger partial charge < -0.3 is 16.4 Å². The highest BCUT2D eigenvalue weighted by Gasteiger charge is 2.46. The lowest BCUT2D eigenvalue weighted by atomic mass is 10.1. The summed E-state index contributed by atoms with van der Waals surface area (Å²) in [6.07, 6.45) is 1.04. The molecule has 18 heavy (non-hydrogen) atoms. The Balaban J connectivity index is 2.01. The summed E-state index contributed by atoms with van der Waals surface area (Å²) < 4.78 is 0. The normalized spacial score (nSPS) is 20.3. The van der Waals surface area contributed by atoms with Crippen LogP contribution < -0.4 is 16.4 Å². The predicted octanol–water partition coefficient (Wildman–Crippen LogP) is 2.81. The Labute approximate surface area is 108 Å². The number of rotatable bonds is 2. The molecular formula is C14H21N3O. The van der Waals surface area contributed by atoms with E-state index in [0.29, 0.717) is 5.69 Å². The first kappa shape index (κ1) is 12.7. The van der Waals surface area contributed by atoms with Gasteiger partial charge in [0.1, 0.15) is 0 Å². The molecule has 0 saturated heterocycles. The van der Waals surface area contributed by atoms with Gasteiger partial charge in [-0.25, -0.2) is 4.79 Å². The number of aryl methyl sites for hydroxylation is 2. The smallest absolute Gasteiger partial charge is 0.319 e. The second-order valence-corrected chi connectivity index (χ2v) is 5.87. The van der Waals surface area contributed by atoms with Gasteiger partial charge in [0.15, 0.2) is 0 Å². The van der Waals surface area contributed by atoms with Crippen LogP contribution in [0.2, 0.25) is 0 Å². The van der Waals surface area contributed by atoms with E-state index in [2.05, 4.69) is 24.5 Å². The predicted molar refractivity (Wildman–Crippen MR) is 74.7 cm³/mol. The fraction of sp³-hybridized carbons (Fsp3) is 0.500. The minimum Gasteiger partial charge on any atom is -0.398 e. The molecule has 2 rings (SSSR count). The average molecular weight is 247 g/mol. The Morgan fingerprint density at radius 3 is 2.50 bits per heavy atom. The van der Waals surface area contributed by atoms with Crippen molar-refractivity contribution in [3.05, 3.63) is 23.3 Å². The summed E-state index contributed by atoms with van der Waals surface area (Å²) >= 11 is 0. The van der Waals surface area contributed by atoms with Gasteiger partial charge in [-0.1, -0.05) is 19.9 Å². The third-order valence-corrected chi connectivity index (χ3v) is 3.68. The minimum absolute atomic E-state index is 0.156. The number of carbonyl (C=O) groups excluding carboxylic acids is 1. The van der Waals surface area contributed by atoms with Crippen molar-refractivity contribution in [2.24, 2.45) is 5.41 Å². The summed E-state index contributed by atoms with van der Waals surface area (Å²) in [4.78, 5) is 11.8. The van der Waals surface area contributed by atoms with Gasteiger partial charge in [0.25, 0.3) is 0 Å². The average Bonchev–Trinajstić information content (AvgIpc) is 2.82. The summed E-state index contributed by atoms with van der Waals surface area (Å²) in [6.45, 7) is 8.21. The largest absolute Gasteiger partial charge is 0.398 e. The molecule has 98 valence electrons. The van der Waals surface area contributed by atoms with Gasteiger partial charge in [-0.15, -0.1) is 0 Å². The Hall–Kier alpha value is -1.71. The van der Waals surface area contributed by atoms with E-state index in [1.807, 2.05) is 26.0 Å². The van der Waals surface area contributed by atoms with E-state index in [9.17, 15) is 4.79 Å². The molecule has 1 aromatic carbocycles. The van der Waals surface area contributed by atoms with E-state index in [4.69, 9.17) is 5.73 Å². The highest BCUT2D eigenvalue weighted by atomic mass is 16.2. The molecule has 4 N–H and O–H groups in total. The third kappa shape index (κ3) is 2.58. The number of nitrogen functional groups attached to an aromatic ring is 1. The number of carbonyl (C=O) groups is 1. The van der Waals surface area contributed by atoms with Crippen LogP contribution in [-0.2, 0) is 0 Å². The van der Waals surface area contributed by atoms with Crippen LogP contribution in [0.15, 0.2) is 12.1 Å². The van der Waals surface area contributed by atoms with Crippen molar-refractivity contribution in [3.8, 4) is 0 Å². The zero-order valence-corrected chi connectivity index (χ0v) is 11.4. The summed E-state index contributed by atoms with van der Waals surface area (Å²) in [5.41, 5.74) is 9.60. The Morgan fingerprint density at radius 1 is 1.33 bits per heavy atom. The lowest BCUT2D eigenvalue weighted by Gasteiger charge is -2.12. The summed E-state index contributed by atoms with van der Waals surface area (Å²) in [5.74, 6) is 0. The van der Waals surface area contributed by atoms with E-state index >= 15 is 0 Å². The number of hydrogen-bond acceptors (Lipinski definition) is 2. The molecule has 1 atom stereocenters. The monoisotopic (exact) mass is 247 g/mol. The van der Waals surface area contributed by atoms with Gasteiger partial charge in [0.2, 0.25) is 0 Å². The Bertz CT molecular complexity index is 494. The highest BCUT2D eigenvalue weighted by Crippen LogP contribution is 2.44. The van der Waals surface area contributed by atoms with Crippen molar-refractivity contribution in [3.63, 3.8) is 0 Å². The van der Waals surface area contributed by atoms with Crippen LogP contribution in [0.5, 0.6) is 0 Å². The zero-order valence-electron chi connectivity index (χ0n) is 11.4. The summed E-state index contributed by atoms with van der Waals surface area (Å²) in [5, 5.41) is 5.82. The molecule has 1 aliphatic rings. The van der Waals surface area contributed by atoms with Crippen LogP contribution >= 0.6 is 0 Å². The Kier molecular flexibility index (Phi) is 2.97.